The van der Waals surface area contributed by atoms with Crippen molar-refractivity contribution in [3.63, 3.8) is 0 Å². The highest BCUT2D eigenvalue weighted by Crippen LogP contribution is 2.34. The van der Waals surface area contributed by atoms with Crippen molar-refractivity contribution in [2.45, 2.75) is 33.1 Å². The van der Waals surface area contributed by atoms with Crippen LogP contribution < -0.4 is 5.32 Å². The molecule has 6 rings (SSSR count). The number of aryl methyl sites for hydroxylation is 1. The maximum atomic E-state index is 12.2. The summed E-state index contributed by atoms with van der Waals surface area (Å²) < 4.78 is 0. The fourth-order valence-electron chi connectivity index (χ4n) is 4.26. The van der Waals surface area contributed by atoms with Gasteiger partial charge in [0.05, 0.1) is 27.7 Å². The van der Waals surface area contributed by atoms with Gasteiger partial charge in [-0.25, -0.2) is 9.97 Å². The van der Waals surface area contributed by atoms with Crippen molar-refractivity contribution in [3.8, 4) is 33.2 Å². The van der Waals surface area contributed by atoms with Gasteiger partial charge >= 0.3 is 0 Å². The number of aromatic amines is 2. The summed E-state index contributed by atoms with van der Waals surface area (Å²) in [6, 6.07) is 9.99. The van der Waals surface area contributed by atoms with Gasteiger partial charge < -0.3 is 10.3 Å². The van der Waals surface area contributed by atoms with E-state index < -0.39 is 0 Å². The number of unbranched alkanes of at least 4 members (excludes halogenated alkanes) is 1. The lowest BCUT2D eigenvalue weighted by Gasteiger charge is -2.07. The molecule has 0 atom stereocenters. The van der Waals surface area contributed by atoms with Crippen molar-refractivity contribution in [1.29, 1.82) is 0 Å². The summed E-state index contributed by atoms with van der Waals surface area (Å²) in [5.74, 6) is 0.626. The number of aromatic nitrogens is 7. The molecule has 10 heteroatoms. The number of thiophene rings is 1. The van der Waals surface area contributed by atoms with Gasteiger partial charge in [-0.3, -0.25) is 19.9 Å². The molecule has 0 aliphatic carbocycles. The molecule has 0 saturated heterocycles. The third kappa shape index (κ3) is 4.47. The number of amides is 1. The van der Waals surface area contributed by atoms with Gasteiger partial charge in [0.15, 0.2) is 11.5 Å². The molecule has 0 aliphatic rings. The van der Waals surface area contributed by atoms with Crippen LogP contribution in [0, 0.1) is 6.92 Å². The monoisotopic (exact) mass is 508 g/mol. The number of nitrogens with zero attached hydrogens (tertiary/aromatic N) is 5. The second-order valence-electron chi connectivity index (χ2n) is 8.86. The zero-order valence-electron chi connectivity index (χ0n) is 20.4. The van der Waals surface area contributed by atoms with Gasteiger partial charge in [0.25, 0.3) is 0 Å². The Bertz CT molecular complexity index is 1750. The van der Waals surface area contributed by atoms with Crippen LogP contribution in [-0.2, 0) is 4.79 Å². The van der Waals surface area contributed by atoms with Gasteiger partial charge in [0.2, 0.25) is 5.91 Å². The summed E-state index contributed by atoms with van der Waals surface area (Å²) in [6.45, 7) is 4.14. The predicted molar refractivity (Wildman–Crippen MR) is 146 cm³/mol. The minimum Gasteiger partial charge on any atom is -0.336 e. The fourth-order valence-corrected chi connectivity index (χ4v) is 5.12. The van der Waals surface area contributed by atoms with Gasteiger partial charge in [-0.2, -0.15) is 5.10 Å². The Hall–Kier alpha value is -4.44. The molecule has 3 N–H and O–H groups in total. The van der Waals surface area contributed by atoms with E-state index >= 15 is 0 Å². The van der Waals surface area contributed by atoms with E-state index in [0.29, 0.717) is 29.3 Å². The number of H-pyrrole nitrogens is 2. The maximum absolute atomic E-state index is 12.2. The Balaban J connectivity index is 1.37. The molecule has 6 aromatic heterocycles. The quantitative estimate of drug-likeness (QED) is 0.238. The Labute approximate surface area is 216 Å². The number of hydrogen-bond donors (Lipinski definition) is 3. The summed E-state index contributed by atoms with van der Waals surface area (Å²) in [6.07, 6.45) is 9.29. The number of carbonyl (C=O) groups is 1. The smallest absolute Gasteiger partial charge is 0.224 e. The highest BCUT2D eigenvalue weighted by atomic mass is 32.1. The second-order valence-corrected chi connectivity index (χ2v) is 10.1. The fraction of sp³-hybridized carbons (Fsp3) is 0.185. The lowest BCUT2D eigenvalue weighted by atomic mass is 10.1. The average Bonchev–Trinajstić information content (AvgIpc) is 3.64. The Morgan fingerprint density at radius 3 is 2.78 bits per heavy atom. The van der Waals surface area contributed by atoms with Gasteiger partial charge in [0, 0.05) is 41.0 Å². The minimum atomic E-state index is -0.0112. The number of carbonyl (C=O) groups excluding carboxylic acids is 1. The maximum Gasteiger partial charge on any atom is 0.224 e. The minimum absolute atomic E-state index is 0.0112. The van der Waals surface area contributed by atoms with Crippen LogP contribution in [0.1, 0.15) is 31.1 Å². The first kappa shape index (κ1) is 23.0. The van der Waals surface area contributed by atoms with Gasteiger partial charge in [-0.1, -0.05) is 13.3 Å². The van der Waals surface area contributed by atoms with Crippen LogP contribution >= 0.6 is 11.3 Å². The Morgan fingerprint density at radius 1 is 1.05 bits per heavy atom. The summed E-state index contributed by atoms with van der Waals surface area (Å²) in [5, 5.41) is 11.3. The molecule has 0 unspecified atom stereocenters. The van der Waals surface area contributed by atoms with Gasteiger partial charge in [-0.05, 0) is 43.7 Å². The molecule has 6 aromatic rings. The number of pyridine rings is 3. The van der Waals surface area contributed by atoms with Gasteiger partial charge in [0.1, 0.15) is 16.9 Å². The van der Waals surface area contributed by atoms with Crippen molar-refractivity contribution < 1.29 is 4.79 Å². The summed E-state index contributed by atoms with van der Waals surface area (Å²) >= 11 is 1.69. The van der Waals surface area contributed by atoms with Crippen LogP contribution in [0.15, 0.2) is 55.1 Å². The summed E-state index contributed by atoms with van der Waals surface area (Å²) in [4.78, 5) is 36.2. The van der Waals surface area contributed by atoms with Crippen LogP contribution in [0.2, 0.25) is 0 Å². The van der Waals surface area contributed by atoms with E-state index in [2.05, 4.69) is 61.4 Å². The zero-order valence-corrected chi connectivity index (χ0v) is 21.2. The number of rotatable bonds is 7. The molecule has 0 fully saturated rings. The number of anilines is 1. The number of fused-ring (bicyclic) bond motifs is 2. The molecule has 0 aliphatic heterocycles. The molecule has 6 heterocycles. The predicted octanol–water partition coefficient (Wildman–Crippen LogP) is 6.12. The molecular weight excluding hydrogens is 484 g/mol. The molecule has 1 amide bonds. The normalized spacial score (nSPS) is 11.4. The first-order valence-electron chi connectivity index (χ1n) is 12.1. The summed E-state index contributed by atoms with van der Waals surface area (Å²) in [7, 11) is 0. The highest BCUT2D eigenvalue weighted by Gasteiger charge is 2.17. The number of hydrogen-bond acceptors (Lipinski definition) is 7. The van der Waals surface area contributed by atoms with Crippen molar-refractivity contribution >= 4 is 45.0 Å². The molecule has 0 radical (unpaired) electrons. The van der Waals surface area contributed by atoms with Crippen molar-refractivity contribution in [1.82, 2.24) is 35.1 Å². The van der Waals surface area contributed by atoms with Crippen LogP contribution in [-0.4, -0.2) is 41.0 Å². The number of imidazole rings is 1. The third-order valence-electron chi connectivity index (χ3n) is 6.13. The van der Waals surface area contributed by atoms with Crippen LogP contribution in [0.3, 0.4) is 0 Å². The van der Waals surface area contributed by atoms with Crippen LogP contribution in [0.25, 0.3) is 55.3 Å². The molecule has 9 nitrogen and oxygen atoms in total. The van der Waals surface area contributed by atoms with Crippen LogP contribution in [0.4, 0.5) is 5.69 Å². The topological polar surface area (TPSA) is 125 Å². The summed E-state index contributed by atoms with van der Waals surface area (Å²) in [5.41, 5.74) is 6.23. The van der Waals surface area contributed by atoms with Crippen molar-refractivity contribution in [3.05, 3.63) is 60.0 Å². The molecule has 0 spiro atoms. The number of nitrogens with one attached hydrogen (secondary N) is 3. The molecule has 37 heavy (non-hydrogen) atoms. The van der Waals surface area contributed by atoms with E-state index in [1.54, 1.807) is 36.1 Å². The average molecular weight is 509 g/mol. The Kier molecular flexibility index (Phi) is 5.93. The van der Waals surface area contributed by atoms with E-state index in [9.17, 15) is 4.79 Å². The lowest BCUT2D eigenvalue weighted by Crippen LogP contribution is -2.11. The van der Waals surface area contributed by atoms with Gasteiger partial charge in [-0.15, -0.1) is 11.3 Å². The first-order chi connectivity index (χ1) is 18.1. The van der Waals surface area contributed by atoms with E-state index in [4.69, 9.17) is 4.98 Å². The van der Waals surface area contributed by atoms with E-state index in [-0.39, 0.29) is 5.91 Å². The Morgan fingerprint density at radius 2 is 1.95 bits per heavy atom. The second kappa shape index (κ2) is 9.55. The zero-order chi connectivity index (χ0) is 25.4. The molecule has 184 valence electrons. The van der Waals surface area contributed by atoms with Crippen molar-refractivity contribution in [2.24, 2.45) is 0 Å². The van der Waals surface area contributed by atoms with E-state index in [0.717, 1.165) is 51.0 Å². The molecular formula is C27H24N8OS. The van der Waals surface area contributed by atoms with Crippen molar-refractivity contribution in [2.75, 3.05) is 5.32 Å². The largest absolute Gasteiger partial charge is 0.336 e. The first-order valence-corrected chi connectivity index (χ1v) is 12.9. The standard InChI is InChI=1S/C27H24N8OS/c1-3-4-5-22(36)31-18-10-16(12-28-14-18)17-11-19-23(34-35-26(19)30-13-17)27-32-20-8-9-29-25(24(20)33-27)21-7-6-15(2)37-21/h6-14H,3-5H2,1-2H3,(H,31,36)(H,32,33)(H,30,34,35). The molecule has 0 bridgehead atoms. The SMILES string of the molecule is CCCCC(=O)Nc1cncc(-c2cnc3[nH]nc(-c4nc5c(-c6ccc(C)s6)nccc5[nH]4)c3c2)c1. The molecule has 0 aromatic carbocycles. The lowest BCUT2D eigenvalue weighted by molar-refractivity contribution is -0.116. The third-order valence-corrected chi connectivity index (χ3v) is 7.14. The van der Waals surface area contributed by atoms with E-state index in [1.165, 1.54) is 4.88 Å². The van der Waals surface area contributed by atoms with E-state index in [1.807, 2.05) is 18.2 Å². The highest BCUT2D eigenvalue weighted by molar-refractivity contribution is 7.15. The molecule has 0 saturated carbocycles. The van der Waals surface area contributed by atoms with Crippen LogP contribution in [0.5, 0.6) is 0 Å².